The molecule has 0 bridgehead atoms. The minimum absolute atomic E-state index is 0.207. The van der Waals surface area contributed by atoms with Crippen molar-refractivity contribution in [3.8, 4) is 17.3 Å². The number of nitrogens with one attached hydrogen (secondary N) is 1. The number of benzene rings is 1. The van der Waals surface area contributed by atoms with Gasteiger partial charge in [0.15, 0.2) is 11.5 Å². The number of nitrogens with zero attached hydrogens (tertiary/aromatic N) is 3. The van der Waals surface area contributed by atoms with Crippen LogP contribution in [0.1, 0.15) is 15.9 Å². The fourth-order valence-electron chi connectivity index (χ4n) is 2.74. The maximum absolute atomic E-state index is 12.7. The van der Waals surface area contributed by atoms with Crippen LogP contribution < -0.4 is 14.8 Å². The Morgan fingerprint density at radius 2 is 1.92 bits per heavy atom. The van der Waals surface area contributed by atoms with E-state index in [0.717, 1.165) is 5.56 Å². The van der Waals surface area contributed by atoms with Crippen molar-refractivity contribution in [3.05, 3.63) is 60.0 Å². The minimum atomic E-state index is -0.207. The van der Waals surface area contributed by atoms with Gasteiger partial charge in [-0.25, -0.2) is 0 Å². The predicted molar refractivity (Wildman–Crippen MR) is 93.3 cm³/mol. The number of methoxy groups -OCH3 is 2. The number of rotatable bonds is 6. The average Bonchev–Trinajstić information content (AvgIpc) is 3.28. The molecule has 0 aliphatic carbocycles. The van der Waals surface area contributed by atoms with E-state index in [2.05, 4.69) is 10.4 Å². The Hall–Kier alpha value is -3.22. The zero-order chi connectivity index (χ0) is 17.8. The molecule has 0 fully saturated rings. The van der Waals surface area contributed by atoms with Gasteiger partial charge in [0.05, 0.1) is 20.4 Å². The van der Waals surface area contributed by atoms with E-state index in [9.17, 15) is 4.79 Å². The fourth-order valence-corrected chi connectivity index (χ4v) is 2.74. The monoisotopic (exact) mass is 340 g/mol. The number of ether oxygens (including phenoxy) is 2. The number of hydrogen-bond donors (Lipinski definition) is 1. The zero-order valence-electron chi connectivity index (χ0n) is 14.4. The van der Waals surface area contributed by atoms with Crippen LogP contribution in [0.4, 0.5) is 0 Å². The van der Waals surface area contributed by atoms with Crippen LogP contribution in [0.15, 0.2) is 48.9 Å². The molecule has 0 saturated carbocycles. The number of hydrogen-bond acceptors (Lipinski definition) is 4. The third-order valence-electron chi connectivity index (χ3n) is 3.92. The molecule has 0 aliphatic rings. The Labute approximate surface area is 145 Å². The van der Waals surface area contributed by atoms with Crippen LogP contribution in [0.2, 0.25) is 0 Å². The second-order valence-corrected chi connectivity index (χ2v) is 5.43. The molecule has 0 atom stereocenters. The third kappa shape index (κ3) is 3.21. The summed E-state index contributed by atoms with van der Waals surface area (Å²) in [5, 5.41) is 7.12. The molecule has 2 heterocycles. The lowest BCUT2D eigenvalue weighted by atomic mass is 10.1. The molecular formula is C18H20N4O3. The quantitative estimate of drug-likeness (QED) is 0.746. The maximum atomic E-state index is 12.7. The third-order valence-corrected chi connectivity index (χ3v) is 3.92. The second kappa shape index (κ2) is 7.12. The Bertz CT molecular complexity index is 869. The van der Waals surface area contributed by atoms with E-state index < -0.39 is 0 Å². The smallest absolute Gasteiger partial charge is 0.256 e. The first-order valence-electron chi connectivity index (χ1n) is 7.79. The van der Waals surface area contributed by atoms with Gasteiger partial charge in [-0.15, -0.1) is 0 Å². The van der Waals surface area contributed by atoms with Gasteiger partial charge in [-0.05, 0) is 18.2 Å². The van der Waals surface area contributed by atoms with Crippen LogP contribution in [-0.4, -0.2) is 34.5 Å². The largest absolute Gasteiger partial charge is 0.493 e. The van der Waals surface area contributed by atoms with Gasteiger partial charge < -0.3 is 19.4 Å². The van der Waals surface area contributed by atoms with Gasteiger partial charge in [0, 0.05) is 31.5 Å². The van der Waals surface area contributed by atoms with Gasteiger partial charge in [0.2, 0.25) is 0 Å². The summed E-state index contributed by atoms with van der Waals surface area (Å²) in [4.78, 5) is 12.7. The summed E-state index contributed by atoms with van der Waals surface area (Å²) in [5.74, 6) is 1.74. The van der Waals surface area contributed by atoms with Crippen LogP contribution in [0.5, 0.6) is 11.5 Å². The Morgan fingerprint density at radius 3 is 2.60 bits per heavy atom. The second-order valence-electron chi connectivity index (χ2n) is 5.43. The summed E-state index contributed by atoms with van der Waals surface area (Å²) >= 11 is 0. The Kier molecular flexibility index (Phi) is 4.74. The Morgan fingerprint density at radius 1 is 1.16 bits per heavy atom. The van der Waals surface area contributed by atoms with E-state index in [1.807, 2.05) is 47.3 Å². The van der Waals surface area contributed by atoms with Crippen molar-refractivity contribution in [1.29, 1.82) is 0 Å². The van der Waals surface area contributed by atoms with Gasteiger partial charge >= 0.3 is 0 Å². The fraction of sp³-hybridized carbons (Fsp3) is 0.222. The molecular weight excluding hydrogens is 320 g/mol. The highest BCUT2D eigenvalue weighted by Gasteiger charge is 2.18. The number of amides is 1. The molecule has 0 saturated heterocycles. The zero-order valence-corrected chi connectivity index (χ0v) is 14.4. The number of carbonyl (C=O) groups excluding carboxylic acids is 1. The normalized spacial score (nSPS) is 10.5. The lowest BCUT2D eigenvalue weighted by Gasteiger charge is -2.13. The number of aromatic nitrogens is 3. The summed E-state index contributed by atoms with van der Waals surface area (Å²) in [6.45, 7) is 0.319. The van der Waals surface area contributed by atoms with Gasteiger partial charge in [-0.1, -0.05) is 12.1 Å². The molecule has 7 heteroatoms. The standard InChI is InChI=1S/C18H20N4O3/c1-21-18(22-9-4-5-10-22)14(12-20-21)17(23)19-11-13-7-6-8-15(24-2)16(13)25-3/h4-10,12H,11H2,1-3H3,(H,19,23). The number of carbonyl (C=O) groups is 1. The molecule has 2 aromatic heterocycles. The van der Waals surface area contributed by atoms with E-state index in [1.54, 1.807) is 32.1 Å². The lowest BCUT2D eigenvalue weighted by Crippen LogP contribution is -2.24. The molecule has 3 aromatic rings. The van der Waals surface area contributed by atoms with Crippen molar-refractivity contribution in [2.24, 2.45) is 7.05 Å². The molecule has 0 radical (unpaired) electrons. The SMILES string of the molecule is COc1cccc(CNC(=O)c2cnn(C)c2-n2cccc2)c1OC. The summed E-state index contributed by atoms with van der Waals surface area (Å²) in [6, 6.07) is 9.36. The lowest BCUT2D eigenvalue weighted by molar-refractivity contribution is 0.0950. The van der Waals surface area contributed by atoms with Gasteiger partial charge in [0.1, 0.15) is 11.4 Å². The molecule has 130 valence electrons. The van der Waals surface area contributed by atoms with Crippen molar-refractivity contribution in [2.75, 3.05) is 14.2 Å². The summed E-state index contributed by atoms with van der Waals surface area (Å²) in [6.07, 6.45) is 5.31. The van der Waals surface area contributed by atoms with Crippen molar-refractivity contribution in [2.45, 2.75) is 6.54 Å². The summed E-state index contributed by atoms with van der Waals surface area (Å²) < 4.78 is 14.2. The molecule has 0 unspecified atom stereocenters. The summed E-state index contributed by atoms with van der Waals surface area (Å²) in [7, 11) is 4.96. The molecule has 1 N–H and O–H groups in total. The first-order chi connectivity index (χ1) is 12.2. The van der Waals surface area contributed by atoms with Crippen LogP contribution in [0.25, 0.3) is 5.82 Å². The van der Waals surface area contributed by atoms with Crippen LogP contribution in [0.3, 0.4) is 0 Å². The van der Waals surface area contributed by atoms with Crippen molar-refractivity contribution < 1.29 is 14.3 Å². The highest BCUT2D eigenvalue weighted by molar-refractivity contribution is 5.97. The van der Waals surface area contributed by atoms with Crippen LogP contribution in [0, 0.1) is 0 Å². The van der Waals surface area contributed by atoms with E-state index in [0.29, 0.717) is 29.4 Å². The molecule has 1 amide bonds. The molecule has 0 spiro atoms. The average molecular weight is 340 g/mol. The topological polar surface area (TPSA) is 70.3 Å². The highest BCUT2D eigenvalue weighted by Crippen LogP contribution is 2.30. The van der Waals surface area contributed by atoms with E-state index in [4.69, 9.17) is 9.47 Å². The van der Waals surface area contributed by atoms with Gasteiger partial charge in [0.25, 0.3) is 5.91 Å². The first kappa shape index (κ1) is 16.6. The maximum Gasteiger partial charge on any atom is 0.256 e. The number of aryl methyl sites for hydroxylation is 1. The molecule has 0 aliphatic heterocycles. The minimum Gasteiger partial charge on any atom is -0.493 e. The molecule has 25 heavy (non-hydrogen) atoms. The molecule has 3 rings (SSSR count). The van der Waals surface area contributed by atoms with E-state index in [-0.39, 0.29) is 5.91 Å². The first-order valence-corrected chi connectivity index (χ1v) is 7.79. The highest BCUT2D eigenvalue weighted by atomic mass is 16.5. The van der Waals surface area contributed by atoms with Crippen molar-refractivity contribution >= 4 is 5.91 Å². The van der Waals surface area contributed by atoms with Gasteiger partial charge in [-0.2, -0.15) is 5.10 Å². The van der Waals surface area contributed by atoms with E-state index in [1.165, 1.54) is 0 Å². The number of para-hydroxylation sites is 1. The molecule has 1 aromatic carbocycles. The van der Waals surface area contributed by atoms with Crippen LogP contribution in [-0.2, 0) is 13.6 Å². The van der Waals surface area contributed by atoms with E-state index >= 15 is 0 Å². The van der Waals surface area contributed by atoms with Crippen molar-refractivity contribution in [3.63, 3.8) is 0 Å². The Balaban J connectivity index is 1.81. The molecule has 7 nitrogen and oxygen atoms in total. The predicted octanol–water partition coefficient (Wildman–Crippen LogP) is 2.16. The van der Waals surface area contributed by atoms with Crippen LogP contribution >= 0.6 is 0 Å². The summed E-state index contributed by atoms with van der Waals surface area (Å²) in [5.41, 5.74) is 1.34. The van der Waals surface area contributed by atoms with Gasteiger partial charge in [-0.3, -0.25) is 9.48 Å². The van der Waals surface area contributed by atoms with Crippen molar-refractivity contribution in [1.82, 2.24) is 19.7 Å².